The Labute approximate surface area is 91.6 Å². The molecule has 0 atom stereocenters. The number of aliphatic hydroxyl groups excluding tert-OH is 1. The Morgan fingerprint density at radius 3 is 2.44 bits per heavy atom. The summed E-state index contributed by atoms with van der Waals surface area (Å²) in [4.78, 5) is 11.2. The molecule has 0 radical (unpaired) electrons. The van der Waals surface area contributed by atoms with Gasteiger partial charge in [-0.15, -0.1) is 0 Å². The molecule has 0 heterocycles. The second-order valence-electron chi connectivity index (χ2n) is 4.12. The zero-order valence-corrected chi connectivity index (χ0v) is 8.42. The number of para-hydroxylation sites is 1. The van der Waals surface area contributed by atoms with Crippen LogP contribution in [0.5, 0.6) is 11.5 Å². The minimum absolute atomic E-state index is 0.0549. The minimum atomic E-state index is -1.28. The Kier molecular flexibility index (Phi) is 2.27. The third-order valence-electron chi connectivity index (χ3n) is 3.11. The lowest BCUT2D eigenvalue weighted by molar-refractivity contribution is -0.153. The number of phenolic OH excluding ortho intramolecular Hbond substituents is 2. The van der Waals surface area contributed by atoms with E-state index < -0.39 is 23.2 Å². The summed E-state index contributed by atoms with van der Waals surface area (Å²) in [6, 6.07) is 4.21. The van der Waals surface area contributed by atoms with Gasteiger partial charge in [-0.2, -0.15) is 0 Å². The van der Waals surface area contributed by atoms with E-state index in [1.807, 2.05) is 0 Å². The molecule has 0 aromatic heterocycles. The fraction of sp³-hybridized carbons (Fsp3) is 0.364. The number of hydrogen-bond donors (Lipinski definition) is 4. The van der Waals surface area contributed by atoms with Crippen LogP contribution < -0.4 is 0 Å². The van der Waals surface area contributed by atoms with Crippen LogP contribution in [0.3, 0.4) is 0 Å². The fourth-order valence-electron chi connectivity index (χ4n) is 2.17. The van der Waals surface area contributed by atoms with E-state index in [-0.39, 0.29) is 24.2 Å². The first-order valence-electron chi connectivity index (χ1n) is 4.90. The van der Waals surface area contributed by atoms with Gasteiger partial charge in [-0.05, 0) is 18.9 Å². The zero-order chi connectivity index (χ0) is 11.9. The third kappa shape index (κ3) is 1.32. The SMILES string of the molecule is O=C(O)C1(c2cccc(O)c2O)CC(O)C1. The molecule has 1 saturated carbocycles. The van der Waals surface area contributed by atoms with Gasteiger partial charge in [0.2, 0.25) is 0 Å². The van der Waals surface area contributed by atoms with Gasteiger partial charge >= 0.3 is 5.97 Å². The highest BCUT2D eigenvalue weighted by molar-refractivity contribution is 5.84. The Morgan fingerprint density at radius 1 is 1.31 bits per heavy atom. The molecule has 1 aromatic rings. The van der Waals surface area contributed by atoms with E-state index in [0.717, 1.165) is 0 Å². The molecule has 86 valence electrons. The summed E-state index contributed by atoms with van der Waals surface area (Å²) in [7, 11) is 0. The van der Waals surface area contributed by atoms with Crippen LogP contribution in [0.15, 0.2) is 18.2 Å². The Balaban J connectivity index is 2.49. The van der Waals surface area contributed by atoms with Crippen molar-refractivity contribution in [2.24, 2.45) is 0 Å². The van der Waals surface area contributed by atoms with Crippen LogP contribution >= 0.6 is 0 Å². The van der Waals surface area contributed by atoms with E-state index in [1.54, 1.807) is 0 Å². The van der Waals surface area contributed by atoms with Gasteiger partial charge in [0.25, 0.3) is 0 Å². The normalized spacial score (nSPS) is 28.4. The molecule has 1 aliphatic rings. The van der Waals surface area contributed by atoms with Crippen LogP contribution in [-0.2, 0) is 10.2 Å². The van der Waals surface area contributed by atoms with E-state index in [0.29, 0.717) is 0 Å². The predicted octanol–water partition coefficient (Wildman–Crippen LogP) is 0.575. The zero-order valence-electron chi connectivity index (χ0n) is 8.42. The highest BCUT2D eigenvalue weighted by Crippen LogP contribution is 2.49. The Morgan fingerprint density at radius 2 is 1.94 bits per heavy atom. The maximum Gasteiger partial charge on any atom is 0.314 e. The molecule has 0 bridgehead atoms. The second-order valence-corrected chi connectivity index (χ2v) is 4.12. The van der Waals surface area contributed by atoms with E-state index in [4.69, 9.17) is 5.11 Å². The van der Waals surface area contributed by atoms with Gasteiger partial charge in [0.1, 0.15) is 5.41 Å². The lowest BCUT2D eigenvalue weighted by Gasteiger charge is -2.42. The van der Waals surface area contributed by atoms with Crippen LogP contribution in [0.2, 0.25) is 0 Å². The topological polar surface area (TPSA) is 98.0 Å². The van der Waals surface area contributed by atoms with E-state index >= 15 is 0 Å². The first-order chi connectivity index (χ1) is 7.47. The molecule has 0 unspecified atom stereocenters. The van der Waals surface area contributed by atoms with E-state index in [1.165, 1.54) is 18.2 Å². The van der Waals surface area contributed by atoms with Crippen LogP contribution in [0.4, 0.5) is 0 Å². The highest BCUT2D eigenvalue weighted by atomic mass is 16.4. The number of hydrogen-bond acceptors (Lipinski definition) is 4. The van der Waals surface area contributed by atoms with Crippen molar-refractivity contribution in [3.05, 3.63) is 23.8 Å². The number of carboxylic acids is 1. The number of benzene rings is 1. The molecule has 1 fully saturated rings. The van der Waals surface area contributed by atoms with Gasteiger partial charge in [-0.1, -0.05) is 12.1 Å². The lowest BCUT2D eigenvalue weighted by Crippen LogP contribution is -2.50. The maximum absolute atomic E-state index is 11.2. The second kappa shape index (κ2) is 3.38. The highest BCUT2D eigenvalue weighted by Gasteiger charge is 2.52. The average molecular weight is 224 g/mol. The average Bonchev–Trinajstić information content (AvgIpc) is 2.17. The summed E-state index contributed by atoms with van der Waals surface area (Å²) < 4.78 is 0. The molecule has 1 aliphatic carbocycles. The van der Waals surface area contributed by atoms with Gasteiger partial charge in [0.05, 0.1) is 6.10 Å². The van der Waals surface area contributed by atoms with Crippen molar-refractivity contribution in [2.45, 2.75) is 24.4 Å². The molecule has 4 N–H and O–H groups in total. The summed E-state index contributed by atoms with van der Waals surface area (Å²) >= 11 is 0. The number of carbonyl (C=O) groups is 1. The van der Waals surface area contributed by atoms with Crippen LogP contribution in [-0.4, -0.2) is 32.5 Å². The molecule has 5 nitrogen and oxygen atoms in total. The summed E-state index contributed by atoms with van der Waals surface area (Å²) in [6.45, 7) is 0. The van der Waals surface area contributed by atoms with Crippen molar-refractivity contribution in [1.29, 1.82) is 0 Å². The van der Waals surface area contributed by atoms with Crippen molar-refractivity contribution in [3.8, 4) is 11.5 Å². The molecule has 0 aliphatic heterocycles. The van der Waals surface area contributed by atoms with Crippen molar-refractivity contribution in [2.75, 3.05) is 0 Å². The van der Waals surface area contributed by atoms with Crippen molar-refractivity contribution in [3.63, 3.8) is 0 Å². The number of phenols is 2. The number of rotatable bonds is 2. The maximum atomic E-state index is 11.2. The Hall–Kier alpha value is -1.75. The first-order valence-corrected chi connectivity index (χ1v) is 4.90. The smallest absolute Gasteiger partial charge is 0.314 e. The molecular formula is C11H12O5. The molecule has 1 aromatic carbocycles. The van der Waals surface area contributed by atoms with Gasteiger partial charge < -0.3 is 20.4 Å². The van der Waals surface area contributed by atoms with Gasteiger partial charge in [0.15, 0.2) is 11.5 Å². The molecular weight excluding hydrogens is 212 g/mol. The van der Waals surface area contributed by atoms with E-state index in [2.05, 4.69) is 0 Å². The molecule has 5 heteroatoms. The molecule has 16 heavy (non-hydrogen) atoms. The summed E-state index contributed by atoms with van der Waals surface area (Å²) in [5.74, 6) is -1.87. The van der Waals surface area contributed by atoms with Gasteiger partial charge in [-0.25, -0.2) is 0 Å². The first kappa shape index (κ1) is 10.8. The number of carboxylic acid groups (broad SMARTS) is 1. The van der Waals surface area contributed by atoms with Crippen molar-refractivity contribution >= 4 is 5.97 Å². The van der Waals surface area contributed by atoms with Crippen LogP contribution in [0.25, 0.3) is 0 Å². The fourth-order valence-corrected chi connectivity index (χ4v) is 2.17. The van der Waals surface area contributed by atoms with E-state index in [9.17, 15) is 20.1 Å². The van der Waals surface area contributed by atoms with Crippen molar-refractivity contribution in [1.82, 2.24) is 0 Å². The van der Waals surface area contributed by atoms with Crippen LogP contribution in [0, 0.1) is 0 Å². The largest absolute Gasteiger partial charge is 0.504 e. The number of aliphatic carboxylic acids is 1. The summed E-state index contributed by atoms with van der Waals surface area (Å²) in [6.07, 6.45) is -0.559. The van der Waals surface area contributed by atoms with Gasteiger partial charge in [0, 0.05) is 5.56 Å². The quantitative estimate of drug-likeness (QED) is 0.551. The Bertz CT molecular complexity index is 434. The standard InChI is InChI=1S/C11H12O5/c12-6-4-11(5-6,10(15)16)7-2-1-3-8(13)9(7)14/h1-3,6,12-14H,4-5H2,(H,15,16). The number of aliphatic hydroxyl groups is 1. The molecule has 0 saturated heterocycles. The summed E-state index contributed by atoms with van der Waals surface area (Å²) in [5, 5.41) is 37.4. The lowest BCUT2D eigenvalue weighted by atomic mass is 9.62. The molecule has 2 rings (SSSR count). The van der Waals surface area contributed by atoms with Crippen LogP contribution in [0.1, 0.15) is 18.4 Å². The number of aromatic hydroxyl groups is 2. The minimum Gasteiger partial charge on any atom is -0.504 e. The summed E-state index contributed by atoms with van der Waals surface area (Å²) in [5.41, 5.74) is -1.12. The van der Waals surface area contributed by atoms with Gasteiger partial charge in [-0.3, -0.25) is 4.79 Å². The molecule has 0 amide bonds. The molecule has 0 spiro atoms. The van der Waals surface area contributed by atoms with Crippen molar-refractivity contribution < 1.29 is 25.2 Å². The third-order valence-corrected chi connectivity index (χ3v) is 3.11. The predicted molar refractivity (Wildman–Crippen MR) is 54.3 cm³/mol. The monoisotopic (exact) mass is 224 g/mol.